The van der Waals surface area contributed by atoms with Crippen LogP contribution in [0.1, 0.15) is 10.4 Å². The van der Waals surface area contributed by atoms with Gasteiger partial charge in [-0.2, -0.15) is 0 Å². The van der Waals surface area contributed by atoms with Crippen LogP contribution in [0.25, 0.3) is 0 Å². The number of thiophene rings is 1. The summed E-state index contributed by atoms with van der Waals surface area (Å²) < 4.78 is 7.21. The molecule has 9 heteroatoms. The number of halogens is 1. The second kappa shape index (κ2) is 9.09. The van der Waals surface area contributed by atoms with E-state index < -0.39 is 11.2 Å². The lowest BCUT2D eigenvalue weighted by Gasteiger charge is -2.25. The highest BCUT2D eigenvalue weighted by Gasteiger charge is 2.20. The number of nitrogens with two attached hydrogens (primary N) is 1. The summed E-state index contributed by atoms with van der Waals surface area (Å²) in [6.07, 6.45) is 0. The molecule has 0 atom stereocenters. The van der Waals surface area contributed by atoms with Crippen molar-refractivity contribution < 1.29 is 4.74 Å². The Morgan fingerprint density at radius 3 is 2.61 bits per heavy atom. The number of benzene rings is 1. The molecule has 7 nitrogen and oxygen atoms in total. The zero-order chi connectivity index (χ0) is 20.1. The first kappa shape index (κ1) is 20.2. The van der Waals surface area contributed by atoms with Crippen LogP contribution in [-0.4, -0.2) is 29.8 Å². The molecule has 148 valence electrons. The molecule has 1 aromatic carbocycles. The van der Waals surface area contributed by atoms with Gasteiger partial charge >= 0.3 is 5.69 Å². The SMILES string of the molecule is COCCN(Cc1ccc(Cl)s1)c1c(N)n(Cc2ccccc2)c(=O)[nH]c1=O. The van der Waals surface area contributed by atoms with Crippen molar-refractivity contribution in [1.29, 1.82) is 0 Å². The topological polar surface area (TPSA) is 93.3 Å². The van der Waals surface area contributed by atoms with Crippen LogP contribution in [0.4, 0.5) is 11.5 Å². The van der Waals surface area contributed by atoms with E-state index in [0.717, 1.165) is 10.4 Å². The largest absolute Gasteiger partial charge is 0.383 e. The quantitative estimate of drug-likeness (QED) is 0.584. The molecule has 0 unspecified atom stereocenters. The standard InChI is InChI=1S/C19H21ClN4O3S/c1-27-10-9-23(12-14-7-8-15(20)28-14)16-17(21)24(19(26)22-18(16)25)11-13-5-3-2-4-6-13/h2-8H,9-12,21H2,1H3,(H,22,25,26). The molecule has 3 rings (SSSR count). The normalized spacial score (nSPS) is 10.9. The van der Waals surface area contributed by atoms with E-state index in [1.54, 1.807) is 18.1 Å². The number of aromatic nitrogens is 2. The van der Waals surface area contributed by atoms with Crippen molar-refractivity contribution in [1.82, 2.24) is 9.55 Å². The third-order valence-electron chi connectivity index (χ3n) is 4.25. The van der Waals surface area contributed by atoms with Crippen LogP contribution in [0.15, 0.2) is 52.1 Å². The molecule has 2 heterocycles. The van der Waals surface area contributed by atoms with Crippen molar-refractivity contribution in [3.63, 3.8) is 0 Å². The molecule has 0 fully saturated rings. The summed E-state index contributed by atoms with van der Waals surface area (Å²) in [6.45, 7) is 1.52. The number of H-pyrrole nitrogens is 1. The molecule has 0 bridgehead atoms. The fourth-order valence-electron chi connectivity index (χ4n) is 2.90. The predicted molar refractivity (Wildman–Crippen MR) is 114 cm³/mol. The van der Waals surface area contributed by atoms with E-state index in [1.807, 2.05) is 36.4 Å². The lowest BCUT2D eigenvalue weighted by atomic mass is 10.2. The molecule has 0 aliphatic carbocycles. The Hall–Kier alpha value is -2.55. The van der Waals surface area contributed by atoms with E-state index in [-0.39, 0.29) is 18.1 Å². The Balaban J connectivity index is 2.02. The molecule has 0 aliphatic rings. The number of anilines is 2. The van der Waals surface area contributed by atoms with Crippen molar-refractivity contribution >= 4 is 34.4 Å². The van der Waals surface area contributed by atoms with Gasteiger partial charge in [0.1, 0.15) is 11.5 Å². The number of nitrogen functional groups attached to an aromatic ring is 1. The number of ether oxygens (including phenoxy) is 1. The molecule has 0 saturated carbocycles. The van der Waals surface area contributed by atoms with Gasteiger partial charge in [0.15, 0.2) is 0 Å². The zero-order valence-electron chi connectivity index (χ0n) is 15.4. The maximum absolute atomic E-state index is 12.6. The van der Waals surface area contributed by atoms with Gasteiger partial charge in [-0.3, -0.25) is 14.3 Å². The fourth-order valence-corrected chi connectivity index (χ4v) is 4.01. The van der Waals surface area contributed by atoms with E-state index >= 15 is 0 Å². The number of rotatable bonds is 8. The monoisotopic (exact) mass is 420 g/mol. The molecule has 3 aromatic rings. The van der Waals surface area contributed by atoms with Crippen LogP contribution in [-0.2, 0) is 17.8 Å². The van der Waals surface area contributed by atoms with Crippen molar-refractivity contribution in [3.8, 4) is 0 Å². The highest BCUT2D eigenvalue weighted by atomic mass is 35.5. The van der Waals surface area contributed by atoms with Crippen molar-refractivity contribution in [3.05, 3.63) is 78.1 Å². The summed E-state index contributed by atoms with van der Waals surface area (Å²) in [5, 5.41) is 0. The maximum Gasteiger partial charge on any atom is 0.330 e. The van der Waals surface area contributed by atoms with Crippen LogP contribution in [0.5, 0.6) is 0 Å². The van der Waals surface area contributed by atoms with Gasteiger partial charge in [0.05, 0.1) is 24.0 Å². The van der Waals surface area contributed by atoms with Crippen molar-refractivity contribution in [2.75, 3.05) is 30.9 Å². The minimum absolute atomic E-state index is 0.122. The smallest absolute Gasteiger partial charge is 0.330 e. The molecular formula is C19H21ClN4O3S. The third kappa shape index (κ3) is 4.64. The Morgan fingerprint density at radius 2 is 1.96 bits per heavy atom. The van der Waals surface area contributed by atoms with Gasteiger partial charge in [-0.1, -0.05) is 41.9 Å². The first-order chi connectivity index (χ1) is 13.5. The van der Waals surface area contributed by atoms with E-state index in [9.17, 15) is 9.59 Å². The number of hydrogen-bond acceptors (Lipinski definition) is 6. The van der Waals surface area contributed by atoms with Crippen molar-refractivity contribution in [2.24, 2.45) is 0 Å². The average molecular weight is 421 g/mol. The lowest BCUT2D eigenvalue weighted by Crippen LogP contribution is -2.39. The molecule has 0 spiro atoms. The Morgan fingerprint density at radius 1 is 1.21 bits per heavy atom. The molecule has 3 N–H and O–H groups in total. The lowest BCUT2D eigenvalue weighted by molar-refractivity contribution is 0.205. The molecule has 0 radical (unpaired) electrons. The zero-order valence-corrected chi connectivity index (χ0v) is 16.9. The first-order valence-electron chi connectivity index (χ1n) is 8.64. The van der Waals surface area contributed by atoms with Gasteiger partial charge in [-0.25, -0.2) is 4.79 Å². The summed E-state index contributed by atoms with van der Waals surface area (Å²) >= 11 is 7.46. The summed E-state index contributed by atoms with van der Waals surface area (Å²) in [5.41, 5.74) is 6.39. The van der Waals surface area contributed by atoms with Gasteiger partial charge in [-0.05, 0) is 17.7 Å². The molecule has 0 saturated heterocycles. The minimum Gasteiger partial charge on any atom is -0.383 e. The Labute approximate surface area is 170 Å². The molecule has 2 aromatic heterocycles. The molecule has 0 amide bonds. The summed E-state index contributed by atoms with van der Waals surface area (Å²) in [5.74, 6) is 0.122. The second-order valence-electron chi connectivity index (χ2n) is 6.19. The van der Waals surface area contributed by atoms with Crippen LogP contribution < -0.4 is 21.9 Å². The fraction of sp³-hybridized carbons (Fsp3) is 0.263. The predicted octanol–water partition coefficient (Wildman–Crippen LogP) is 2.54. The Bertz CT molecular complexity index is 1050. The van der Waals surface area contributed by atoms with E-state index in [1.165, 1.54) is 15.9 Å². The number of nitrogens with one attached hydrogen (secondary N) is 1. The minimum atomic E-state index is -0.541. The van der Waals surface area contributed by atoms with Gasteiger partial charge in [0, 0.05) is 18.5 Å². The number of methoxy groups -OCH3 is 1. The van der Waals surface area contributed by atoms with E-state index in [0.29, 0.717) is 24.0 Å². The molecule has 28 heavy (non-hydrogen) atoms. The van der Waals surface area contributed by atoms with Gasteiger partial charge in [0.2, 0.25) is 0 Å². The summed E-state index contributed by atoms with van der Waals surface area (Å²) in [7, 11) is 1.59. The van der Waals surface area contributed by atoms with Crippen LogP contribution in [0.3, 0.4) is 0 Å². The van der Waals surface area contributed by atoms with E-state index in [4.69, 9.17) is 22.1 Å². The van der Waals surface area contributed by atoms with Gasteiger partial charge in [0.25, 0.3) is 5.56 Å². The molecule has 0 aliphatic heterocycles. The number of hydrogen-bond donors (Lipinski definition) is 2. The first-order valence-corrected chi connectivity index (χ1v) is 9.83. The number of aromatic amines is 1. The van der Waals surface area contributed by atoms with Crippen molar-refractivity contribution in [2.45, 2.75) is 13.1 Å². The highest BCUT2D eigenvalue weighted by molar-refractivity contribution is 7.16. The maximum atomic E-state index is 12.6. The number of nitrogens with zero attached hydrogens (tertiary/aromatic N) is 2. The van der Waals surface area contributed by atoms with E-state index in [2.05, 4.69) is 4.98 Å². The highest BCUT2D eigenvalue weighted by Crippen LogP contribution is 2.26. The second-order valence-corrected chi connectivity index (χ2v) is 7.98. The molecular weight excluding hydrogens is 400 g/mol. The van der Waals surface area contributed by atoms with Crippen LogP contribution >= 0.6 is 22.9 Å². The third-order valence-corrected chi connectivity index (χ3v) is 5.47. The van der Waals surface area contributed by atoms with Crippen LogP contribution in [0.2, 0.25) is 4.34 Å². The van der Waals surface area contributed by atoms with Gasteiger partial charge < -0.3 is 15.4 Å². The average Bonchev–Trinajstić information content (AvgIpc) is 3.08. The summed E-state index contributed by atoms with van der Waals surface area (Å²) in [4.78, 5) is 30.2. The van der Waals surface area contributed by atoms with Gasteiger partial charge in [-0.15, -0.1) is 11.3 Å². The van der Waals surface area contributed by atoms with Crippen LogP contribution in [0, 0.1) is 0 Å². The Kier molecular flexibility index (Phi) is 6.56. The summed E-state index contributed by atoms with van der Waals surface area (Å²) in [6, 6.07) is 13.2.